The van der Waals surface area contributed by atoms with Crippen LogP contribution in [0.1, 0.15) is 28.9 Å². The largest absolute Gasteiger partial charge is 0.334 e. The van der Waals surface area contributed by atoms with E-state index in [2.05, 4.69) is 80.4 Å². The van der Waals surface area contributed by atoms with E-state index in [-0.39, 0.29) is 24.0 Å². The molecule has 0 amide bonds. The highest BCUT2D eigenvalue weighted by atomic mass is 35.5. The van der Waals surface area contributed by atoms with Crippen molar-refractivity contribution in [1.82, 2.24) is 29.7 Å². The van der Waals surface area contributed by atoms with Crippen molar-refractivity contribution in [1.29, 1.82) is 0 Å². The molecule has 6 nitrogen and oxygen atoms in total. The van der Waals surface area contributed by atoms with Gasteiger partial charge in [0.2, 0.25) is 0 Å². The zero-order valence-corrected chi connectivity index (χ0v) is 28.3. The van der Waals surface area contributed by atoms with E-state index in [1.807, 2.05) is 36.7 Å². The molecule has 0 spiro atoms. The number of rotatable bonds is 12. The van der Waals surface area contributed by atoms with E-state index in [4.69, 9.17) is 9.97 Å². The third kappa shape index (κ3) is 6.57. The summed E-state index contributed by atoms with van der Waals surface area (Å²) < 4.78 is 31.9. The number of pyridine rings is 2. The Morgan fingerprint density at radius 1 is 0.500 bits per heavy atom. The molecule has 8 rings (SSSR count). The summed E-state index contributed by atoms with van der Waals surface area (Å²) in [7, 11) is 0. The van der Waals surface area contributed by atoms with Gasteiger partial charge < -0.3 is 19.8 Å². The summed E-state index contributed by atoms with van der Waals surface area (Å²) in [6.07, 6.45) is 4.71. The van der Waals surface area contributed by atoms with Gasteiger partial charge in [0.25, 0.3) is 0 Å². The van der Waals surface area contributed by atoms with Crippen molar-refractivity contribution >= 4 is 56.0 Å². The van der Waals surface area contributed by atoms with Gasteiger partial charge in [-0.3, -0.25) is 9.97 Å². The quantitative estimate of drug-likeness (QED) is 0.126. The molecule has 0 aliphatic heterocycles. The molecule has 4 aromatic carbocycles. The zero-order chi connectivity index (χ0) is 33.2. The van der Waals surface area contributed by atoms with Crippen molar-refractivity contribution in [2.24, 2.45) is 0 Å². The summed E-state index contributed by atoms with van der Waals surface area (Å²) in [5, 5.41) is 11.9. The highest BCUT2D eigenvalue weighted by Gasteiger charge is 2.17. The average Bonchev–Trinajstić information content (AvgIpc) is 3.63. The molecule has 50 heavy (non-hydrogen) atoms. The zero-order valence-electron chi connectivity index (χ0n) is 27.4. The Labute approximate surface area is 295 Å². The summed E-state index contributed by atoms with van der Waals surface area (Å²) >= 11 is 0. The normalized spacial score (nSPS) is 11.6. The van der Waals surface area contributed by atoms with Gasteiger partial charge in [0.15, 0.2) is 0 Å². The standard InChI is InChI=1S/C41H36F2N6.ClH/c42-30-14-10-28(11-15-30)26-48-38-8-3-1-6-32(38)34-18-22-46-36(40(34)48)24-44-20-5-21-45-25-37-41-35(19-23-47-37)33-7-2-4-9-39(33)49(41)27-29-12-16-31(43)17-13-29;/h1-4,6-19,22-23,44-45H,5,20-21,24-27H2;1H. The Morgan fingerprint density at radius 2 is 0.920 bits per heavy atom. The van der Waals surface area contributed by atoms with Gasteiger partial charge >= 0.3 is 0 Å². The highest BCUT2D eigenvalue weighted by molar-refractivity contribution is 6.09. The molecule has 4 heterocycles. The predicted molar refractivity (Wildman–Crippen MR) is 201 cm³/mol. The Balaban J connectivity index is 0.00000392. The fourth-order valence-corrected chi connectivity index (χ4v) is 7.03. The van der Waals surface area contributed by atoms with E-state index in [1.54, 1.807) is 0 Å². The molecular formula is C41H37ClF2N6. The van der Waals surface area contributed by atoms with E-state index in [0.29, 0.717) is 26.2 Å². The molecule has 9 heteroatoms. The highest BCUT2D eigenvalue weighted by Crippen LogP contribution is 2.32. The van der Waals surface area contributed by atoms with Gasteiger partial charge in [-0.05, 0) is 79.2 Å². The van der Waals surface area contributed by atoms with Crippen LogP contribution in [0.25, 0.3) is 43.6 Å². The van der Waals surface area contributed by atoms with Crippen LogP contribution in [0.15, 0.2) is 122 Å². The number of hydrogen-bond donors (Lipinski definition) is 2. The van der Waals surface area contributed by atoms with Crippen LogP contribution in [-0.2, 0) is 26.2 Å². The second-order valence-electron chi connectivity index (χ2n) is 12.5. The molecule has 0 bridgehead atoms. The molecule has 4 aromatic heterocycles. The van der Waals surface area contributed by atoms with Crippen LogP contribution in [0.4, 0.5) is 8.78 Å². The first-order valence-corrected chi connectivity index (χ1v) is 16.7. The van der Waals surface area contributed by atoms with Crippen molar-refractivity contribution in [3.05, 3.63) is 156 Å². The molecule has 0 atom stereocenters. The summed E-state index contributed by atoms with van der Waals surface area (Å²) in [5.41, 5.74) is 8.56. The minimum absolute atomic E-state index is 0. The van der Waals surface area contributed by atoms with Gasteiger partial charge in [0.1, 0.15) is 11.6 Å². The Bertz CT molecular complexity index is 2230. The van der Waals surface area contributed by atoms with E-state index in [9.17, 15) is 8.78 Å². The fourth-order valence-electron chi connectivity index (χ4n) is 7.03. The van der Waals surface area contributed by atoms with Gasteiger partial charge in [0, 0.05) is 71.2 Å². The van der Waals surface area contributed by atoms with Gasteiger partial charge in [-0.15, -0.1) is 12.4 Å². The molecule has 2 N–H and O–H groups in total. The molecule has 8 aromatic rings. The third-order valence-electron chi connectivity index (χ3n) is 9.31. The first-order valence-electron chi connectivity index (χ1n) is 16.7. The van der Waals surface area contributed by atoms with Gasteiger partial charge in [-0.25, -0.2) is 8.78 Å². The lowest BCUT2D eigenvalue weighted by molar-refractivity contribution is 0.588. The van der Waals surface area contributed by atoms with E-state index in [0.717, 1.165) is 64.1 Å². The van der Waals surface area contributed by atoms with Crippen LogP contribution in [0.3, 0.4) is 0 Å². The lowest BCUT2D eigenvalue weighted by Gasteiger charge is -2.12. The maximum absolute atomic E-state index is 13.6. The number of hydrogen-bond acceptors (Lipinski definition) is 4. The van der Waals surface area contributed by atoms with Crippen molar-refractivity contribution in [2.75, 3.05) is 13.1 Å². The van der Waals surface area contributed by atoms with Crippen molar-refractivity contribution < 1.29 is 8.78 Å². The van der Waals surface area contributed by atoms with Crippen LogP contribution < -0.4 is 10.6 Å². The molecule has 0 saturated heterocycles. The molecule has 0 unspecified atom stereocenters. The fraction of sp³-hybridized carbons (Fsp3) is 0.171. The second kappa shape index (κ2) is 14.8. The first kappa shape index (κ1) is 33.4. The van der Waals surface area contributed by atoms with Crippen LogP contribution in [0, 0.1) is 11.6 Å². The van der Waals surface area contributed by atoms with E-state index >= 15 is 0 Å². The van der Waals surface area contributed by atoms with Crippen LogP contribution in [0.5, 0.6) is 0 Å². The Kier molecular flexibility index (Phi) is 9.85. The van der Waals surface area contributed by atoms with E-state index in [1.165, 1.54) is 45.8 Å². The summed E-state index contributed by atoms with van der Waals surface area (Å²) in [5.74, 6) is -0.462. The van der Waals surface area contributed by atoms with E-state index < -0.39 is 0 Å². The van der Waals surface area contributed by atoms with Gasteiger partial charge in [0.05, 0.1) is 22.4 Å². The minimum Gasteiger partial charge on any atom is -0.334 e. The van der Waals surface area contributed by atoms with Crippen molar-refractivity contribution in [3.63, 3.8) is 0 Å². The number of para-hydroxylation sites is 2. The summed E-state index contributed by atoms with van der Waals surface area (Å²) in [6, 6.07) is 34.4. The second-order valence-corrected chi connectivity index (χ2v) is 12.5. The Morgan fingerprint density at radius 3 is 1.36 bits per heavy atom. The molecule has 0 saturated carbocycles. The number of nitrogens with zero attached hydrogens (tertiary/aromatic N) is 4. The summed E-state index contributed by atoms with van der Waals surface area (Å²) in [6.45, 7) is 4.20. The van der Waals surface area contributed by atoms with Crippen molar-refractivity contribution in [3.8, 4) is 0 Å². The van der Waals surface area contributed by atoms with Crippen LogP contribution in [0.2, 0.25) is 0 Å². The molecule has 0 fully saturated rings. The molecule has 0 aliphatic rings. The van der Waals surface area contributed by atoms with Crippen molar-refractivity contribution in [2.45, 2.75) is 32.6 Å². The Hall–Kier alpha value is -5.15. The number of halogens is 3. The first-order chi connectivity index (χ1) is 24.1. The maximum atomic E-state index is 13.6. The summed E-state index contributed by atoms with van der Waals surface area (Å²) in [4.78, 5) is 9.59. The molecule has 0 aliphatic carbocycles. The number of aromatic nitrogens is 4. The van der Waals surface area contributed by atoms with Gasteiger partial charge in [-0.2, -0.15) is 0 Å². The van der Waals surface area contributed by atoms with Crippen LogP contribution in [-0.4, -0.2) is 32.2 Å². The lowest BCUT2D eigenvalue weighted by atomic mass is 10.1. The average molecular weight is 687 g/mol. The third-order valence-corrected chi connectivity index (χ3v) is 9.31. The van der Waals surface area contributed by atoms with Gasteiger partial charge in [-0.1, -0.05) is 60.7 Å². The predicted octanol–water partition coefficient (Wildman–Crippen LogP) is 8.76. The minimum atomic E-state index is -0.231. The molecular weight excluding hydrogens is 650 g/mol. The molecule has 252 valence electrons. The topological polar surface area (TPSA) is 59.7 Å². The number of nitrogens with one attached hydrogen (secondary N) is 2. The monoisotopic (exact) mass is 686 g/mol. The number of fused-ring (bicyclic) bond motifs is 6. The smallest absolute Gasteiger partial charge is 0.123 e. The van der Waals surface area contributed by atoms with Crippen LogP contribution >= 0.6 is 12.4 Å². The SMILES string of the molecule is Cl.Fc1ccc(Cn2c3ccccc3c3ccnc(CNCCCNCc4nccc5c6ccccc6n(Cc6ccc(F)cc6)c45)c32)cc1. The maximum Gasteiger partial charge on any atom is 0.123 e. The lowest BCUT2D eigenvalue weighted by Crippen LogP contribution is -2.22. The molecule has 0 radical (unpaired) electrons. The number of benzene rings is 4.